The first kappa shape index (κ1) is 18.2. The minimum absolute atomic E-state index is 0.230. The van der Waals surface area contributed by atoms with Gasteiger partial charge in [-0.1, -0.05) is 28.1 Å². The summed E-state index contributed by atoms with van der Waals surface area (Å²) in [4.78, 5) is 16.4. The van der Waals surface area contributed by atoms with E-state index in [1.807, 2.05) is 37.3 Å². The van der Waals surface area contributed by atoms with E-state index in [4.69, 9.17) is 9.47 Å². The van der Waals surface area contributed by atoms with Gasteiger partial charge in [0.15, 0.2) is 5.65 Å². The number of aromatic nitrogens is 3. The summed E-state index contributed by atoms with van der Waals surface area (Å²) >= 11 is 3.44. The number of alkyl carbamates (subject to hydrolysis) is 1. The number of fused-ring (bicyclic) bond motifs is 1. The highest BCUT2D eigenvalue weighted by molar-refractivity contribution is 9.10. The van der Waals surface area contributed by atoms with Crippen LogP contribution in [0.5, 0.6) is 5.88 Å². The molecule has 0 aliphatic carbocycles. The number of halogens is 1. The summed E-state index contributed by atoms with van der Waals surface area (Å²) in [6.45, 7) is 4.72. The number of carbonyl (C=O) groups is 1. The highest BCUT2D eigenvalue weighted by Gasteiger charge is 2.17. The summed E-state index contributed by atoms with van der Waals surface area (Å²) in [5, 5.41) is 7.22. The first-order valence-corrected chi connectivity index (χ1v) is 9.09. The van der Waals surface area contributed by atoms with Crippen molar-refractivity contribution in [2.45, 2.75) is 20.4 Å². The number of benzene rings is 1. The van der Waals surface area contributed by atoms with Gasteiger partial charge >= 0.3 is 6.09 Å². The van der Waals surface area contributed by atoms with Crippen LogP contribution in [0.1, 0.15) is 19.5 Å². The molecule has 0 aliphatic heterocycles. The molecule has 0 radical (unpaired) electrons. The number of amides is 1. The third kappa shape index (κ3) is 3.96. The van der Waals surface area contributed by atoms with E-state index < -0.39 is 6.09 Å². The molecule has 0 unspecified atom stereocenters. The predicted molar refractivity (Wildman–Crippen MR) is 101 cm³/mol. The van der Waals surface area contributed by atoms with Crippen molar-refractivity contribution in [1.29, 1.82) is 0 Å². The van der Waals surface area contributed by atoms with Crippen LogP contribution in [0.15, 0.2) is 40.9 Å². The third-order valence-corrected chi connectivity index (χ3v) is 4.16. The number of ether oxygens (including phenoxy) is 2. The van der Waals surface area contributed by atoms with E-state index in [9.17, 15) is 4.79 Å². The average molecular weight is 419 g/mol. The molecule has 136 valence electrons. The Hall–Kier alpha value is -2.61. The minimum Gasteiger partial charge on any atom is -0.477 e. The van der Waals surface area contributed by atoms with Crippen LogP contribution in [0.2, 0.25) is 0 Å². The molecule has 2 heterocycles. The number of imidazole rings is 1. The lowest BCUT2D eigenvalue weighted by atomic mass is 10.1. The van der Waals surface area contributed by atoms with Crippen molar-refractivity contribution in [3.05, 3.63) is 46.6 Å². The Kier molecular flexibility index (Phi) is 5.72. The molecule has 0 bridgehead atoms. The topological polar surface area (TPSA) is 77.8 Å². The van der Waals surface area contributed by atoms with E-state index in [2.05, 4.69) is 31.3 Å². The van der Waals surface area contributed by atoms with E-state index in [1.54, 1.807) is 17.5 Å². The SMILES string of the molecule is CCOC(=O)NCc1c(-c2ccc(Br)cc2)nc2ccc(OCC)nn12. The number of hydrogen-bond donors (Lipinski definition) is 1. The van der Waals surface area contributed by atoms with Crippen molar-refractivity contribution in [2.24, 2.45) is 0 Å². The highest BCUT2D eigenvalue weighted by atomic mass is 79.9. The van der Waals surface area contributed by atoms with Crippen LogP contribution in [0.3, 0.4) is 0 Å². The summed E-state index contributed by atoms with van der Waals surface area (Å²) in [6.07, 6.45) is -0.481. The van der Waals surface area contributed by atoms with Crippen LogP contribution < -0.4 is 10.1 Å². The van der Waals surface area contributed by atoms with Crippen molar-refractivity contribution in [3.8, 4) is 17.1 Å². The van der Waals surface area contributed by atoms with Crippen LogP contribution in [0, 0.1) is 0 Å². The molecule has 7 nitrogen and oxygen atoms in total. The number of nitrogens with zero attached hydrogens (tertiary/aromatic N) is 3. The Balaban J connectivity index is 2.05. The minimum atomic E-state index is -0.481. The smallest absolute Gasteiger partial charge is 0.407 e. The van der Waals surface area contributed by atoms with Crippen molar-refractivity contribution >= 4 is 27.7 Å². The van der Waals surface area contributed by atoms with Gasteiger partial charge in [0.25, 0.3) is 0 Å². The van der Waals surface area contributed by atoms with Crippen LogP contribution in [0.25, 0.3) is 16.9 Å². The summed E-state index contributed by atoms with van der Waals surface area (Å²) in [5.74, 6) is 0.497. The standard InChI is InChI=1S/C18H19BrN4O3/c1-3-25-16-10-9-15-21-17(12-5-7-13(19)8-6-12)14(23(15)22-16)11-20-18(24)26-4-2/h5-10H,3-4,11H2,1-2H3,(H,20,24). The van der Waals surface area contributed by atoms with E-state index in [0.29, 0.717) is 24.7 Å². The second-order valence-corrected chi connectivity index (χ2v) is 6.28. The second-order valence-electron chi connectivity index (χ2n) is 5.36. The molecular formula is C18H19BrN4O3. The molecule has 3 aromatic rings. The number of nitrogens with one attached hydrogen (secondary N) is 1. The van der Waals surface area contributed by atoms with Gasteiger partial charge in [0, 0.05) is 16.1 Å². The Bertz CT molecular complexity index is 909. The first-order valence-electron chi connectivity index (χ1n) is 8.30. The van der Waals surface area contributed by atoms with Crippen LogP contribution in [0.4, 0.5) is 4.79 Å². The molecule has 0 aliphatic rings. The van der Waals surface area contributed by atoms with Gasteiger partial charge in [-0.3, -0.25) is 0 Å². The summed E-state index contributed by atoms with van der Waals surface area (Å²) < 4.78 is 13.1. The normalized spacial score (nSPS) is 10.7. The second kappa shape index (κ2) is 8.18. The molecule has 0 saturated carbocycles. The molecule has 1 N–H and O–H groups in total. The van der Waals surface area contributed by atoms with Crippen LogP contribution in [-0.2, 0) is 11.3 Å². The lowest BCUT2D eigenvalue weighted by Gasteiger charge is -2.08. The molecule has 1 amide bonds. The maximum atomic E-state index is 11.7. The first-order chi connectivity index (χ1) is 12.6. The van der Waals surface area contributed by atoms with Gasteiger partial charge in [-0.2, -0.15) is 0 Å². The Morgan fingerprint density at radius 2 is 1.92 bits per heavy atom. The zero-order valence-corrected chi connectivity index (χ0v) is 16.1. The molecule has 0 atom stereocenters. The monoisotopic (exact) mass is 418 g/mol. The van der Waals surface area contributed by atoms with Gasteiger partial charge in [0.1, 0.15) is 0 Å². The third-order valence-electron chi connectivity index (χ3n) is 3.63. The summed E-state index contributed by atoms with van der Waals surface area (Å²) in [6, 6.07) is 11.4. The molecule has 0 saturated heterocycles. The Morgan fingerprint density at radius 1 is 1.15 bits per heavy atom. The van der Waals surface area contributed by atoms with Gasteiger partial charge in [0.05, 0.1) is 31.1 Å². The van der Waals surface area contributed by atoms with E-state index in [0.717, 1.165) is 21.4 Å². The van der Waals surface area contributed by atoms with Crippen molar-refractivity contribution in [1.82, 2.24) is 19.9 Å². The molecule has 2 aromatic heterocycles. The highest BCUT2D eigenvalue weighted by Crippen LogP contribution is 2.26. The maximum Gasteiger partial charge on any atom is 0.407 e. The quantitative estimate of drug-likeness (QED) is 0.658. The van der Waals surface area contributed by atoms with Crippen molar-refractivity contribution in [2.75, 3.05) is 13.2 Å². The molecule has 0 spiro atoms. The fraction of sp³-hybridized carbons (Fsp3) is 0.278. The van der Waals surface area contributed by atoms with Crippen molar-refractivity contribution in [3.63, 3.8) is 0 Å². The average Bonchev–Trinajstić information content (AvgIpc) is 2.99. The summed E-state index contributed by atoms with van der Waals surface area (Å²) in [5.41, 5.74) is 3.09. The van der Waals surface area contributed by atoms with Gasteiger partial charge in [-0.05, 0) is 32.0 Å². The number of hydrogen-bond acceptors (Lipinski definition) is 5. The number of carbonyl (C=O) groups excluding carboxylic acids is 1. The molecule has 3 rings (SSSR count). The molecule has 1 aromatic carbocycles. The Labute approximate surface area is 159 Å². The molecular weight excluding hydrogens is 400 g/mol. The van der Waals surface area contributed by atoms with Crippen molar-refractivity contribution < 1.29 is 14.3 Å². The molecule has 0 fully saturated rings. The maximum absolute atomic E-state index is 11.7. The fourth-order valence-corrected chi connectivity index (χ4v) is 2.79. The zero-order valence-electron chi connectivity index (χ0n) is 14.5. The Morgan fingerprint density at radius 3 is 2.62 bits per heavy atom. The van der Waals surface area contributed by atoms with Crippen LogP contribution >= 0.6 is 15.9 Å². The molecule has 8 heteroatoms. The fourth-order valence-electron chi connectivity index (χ4n) is 2.52. The van der Waals surface area contributed by atoms with E-state index in [-0.39, 0.29) is 6.54 Å². The predicted octanol–water partition coefficient (Wildman–Crippen LogP) is 3.80. The molecule has 26 heavy (non-hydrogen) atoms. The summed E-state index contributed by atoms with van der Waals surface area (Å²) in [7, 11) is 0. The van der Waals surface area contributed by atoms with E-state index >= 15 is 0 Å². The number of rotatable bonds is 6. The van der Waals surface area contributed by atoms with Crippen LogP contribution in [-0.4, -0.2) is 33.9 Å². The van der Waals surface area contributed by atoms with Gasteiger partial charge in [0.2, 0.25) is 5.88 Å². The van der Waals surface area contributed by atoms with Gasteiger partial charge in [-0.25, -0.2) is 14.3 Å². The largest absolute Gasteiger partial charge is 0.477 e. The van der Waals surface area contributed by atoms with Gasteiger partial charge < -0.3 is 14.8 Å². The van der Waals surface area contributed by atoms with Gasteiger partial charge in [-0.15, -0.1) is 5.10 Å². The van der Waals surface area contributed by atoms with E-state index in [1.165, 1.54) is 0 Å². The zero-order chi connectivity index (χ0) is 18.5. The lowest BCUT2D eigenvalue weighted by Crippen LogP contribution is -2.24. The lowest BCUT2D eigenvalue weighted by molar-refractivity contribution is 0.151.